The average Bonchev–Trinajstić information content (AvgIpc) is 3.38. The monoisotopic (exact) mass is 597 g/mol. The lowest BCUT2D eigenvalue weighted by atomic mass is 10.0. The normalized spacial score (nSPS) is 11.8. The molecule has 8 nitrogen and oxygen atoms in total. The molecule has 40 heavy (non-hydrogen) atoms. The summed E-state index contributed by atoms with van der Waals surface area (Å²) in [7, 11) is 0. The Labute approximate surface area is 239 Å². The maximum absolute atomic E-state index is 13.6. The molecule has 0 saturated carbocycles. The fourth-order valence-electron chi connectivity index (χ4n) is 4.62. The highest BCUT2D eigenvalue weighted by Gasteiger charge is 2.25. The van der Waals surface area contributed by atoms with E-state index in [9.17, 15) is 14.4 Å². The number of aromatic nitrogens is 1. The first-order valence-corrected chi connectivity index (χ1v) is 13.7. The first-order valence-electron chi connectivity index (χ1n) is 12.9. The van der Waals surface area contributed by atoms with Crippen LogP contribution in [0.2, 0.25) is 0 Å². The summed E-state index contributed by atoms with van der Waals surface area (Å²) in [5.41, 5.74) is 8.43. The number of rotatable bonds is 9. The van der Waals surface area contributed by atoms with E-state index in [2.05, 4.69) is 36.9 Å². The van der Waals surface area contributed by atoms with Crippen LogP contribution < -0.4 is 21.7 Å². The zero-order valence-electron chi connectivity index (χ0n) is 21.5. The lowest BCUT2D eigenvalue weighted by Crippen LogP contribution is -2.49. The molecule has 0 aliphatic carbocycles. The first-order chi connectivity index (χ1) is 19.4. The van der Waals surface area contributed by atoms with Crippen LogP contribution in [0.4, 0.5) is 5.69 Å². The van der Waals surface area contributed by atoms with Gasteiger partial charge < -0.3 is 26.7 Å². The van der Waals surface area contributed by atoms with Crippen molar-refractivity contribution in [3.05, 3.63) is 112 Å². The molecular weight excluding hydrogens is 570 g/mol. The van der Waals surface area contributed by atoms with Crippen LogP contribution in [0.3, 0.4) is 0 Å². The number of fused-ring (bicyclic) bond motifs is 2. The molecule has 202 valence electrons. The highest BCUT2D eigenvalue weighted by atomic mass is 79.9. The largest absolute Gasteiger partial charge is 0.361 e. The van der Waals surface area contributed by atoms with Crippen molar-refractivity contribution >= 4 is 61.0 Å². The molecule has 1 atom stereocenters. The molecule has 5 rings (SSSR count). The van der Waals surface area contributed by atoms with E-state index in [4.69, 9.17) is 5.73 Å². The van der Waals surface area contributed by atoms with E-state index in [1.807, 2.05) is 66.9 Å². The third-order valence-electron chi connectivity index (χ3n) is 6.65. The van der Waals surface area contributed by atoms with E-state index < -0.39 is 11.9 Å². The summed E-state index contributed by atoms with van der Waals surface area (Å²) in [6.45, 7) is 0.555. The molecule has 4 aromatic carbocycles. The molecule has 0 aliphatic heterocycles. The number of anilines is 1. The Morgan fingerprint density at radius 3 is 2.48 bits per heavy atom. The SMILES string of the molecule is NCCNC(=O)[C@H](Cc1c[nH]c2ccccc12)NC(=O)c1cc(Br)ccc1NC(=O)c1ccc2ccccc2c1. The second-order valence-electron chi connectivity index (χ2n) is 9.38. The topological polar surface area (TPSA) is 129 Å². The van der Waals surface area contributed by atoms with Crippen LogP contribution in [0.15, 0.2) is 95.6 Å². The number of carbonyl (C=O) groups excluding carboxylic acids is 3. The smallest absolute Gasteiger partial charge is 0.255 e. The van der Waals surface area contributed by atoms with Crippen LogP contribution in [-0.4, -0.2) is 41.8 Å². The van der Waals surface area contributed by atoms with Crippen LogP contribution in [0.25, 0.3) is 21.7 Å². The Hall–Kier alpha value is -4.47. The summed E-state index contributed by atoms with van der Waals surface area (Å²) >= 11 is 3.42. The third kappa shape index (κ3) is 6.06. The van der Waals surface area contributed by atoms with E-state index >= 15 is 0 Å². The molecule has 1 heterocycles. The number of hydrogen-bond acceptors (Lipinski definition) is 4. The van der Waals surface area contributed by atoms with Gasteiger partial charge in [0, 0.05) is 46.6 Å². The summed E-state index contributed by atoms with van der Waals surface area (Å²) in [4.78, 5) is 43.1. The van der Waals surface area contributed by atoms with Gasteiger partial charge in [0.2, 0.25) is 5.91 Å². The molecule has 0 aliphatic rings. The Morgan fingerprint density at radius 1 is 0.875 bits per heavy atom. The highest BCUT2D eigenvalue weighted by molar-refractivity contribution is 9.10. The number of hydrogen-bond donors (Lipinski definition) is 5. The van der Waals surface area contributed by atoms with Crippen LogP contribution in [0.5, 0.6) is 0 Å². The van der Waals surface area contributed by atoms with Gasteiger partial charge in [-0.05, 0) is 52.7 Å². The van der Waals surface area contributed by atoms with Gasteiger partial charge in [0.25, 0.3) is 11.8 Å². The van der Waals surface area contributed by atoms with E-state index in [1.165, 1.54) is 0 Å². The summed E-state index contributed by atoms with van der Waals surface area (Å²) in [5.74, 6) is -1.19. The van der Waals surface area contributed by atoms with Crippen molar-refractivity contribution in [3.63, 3.8) is 0 Å². The standard InChI is InChI=1S/C31H28BrN5O3/c32-23-11-12-27(36-29(38)21-10-9-19-5-1-2-6-20(19)15-21)25(17-23)30(39)37-28(31(40)34-14-13-33)16-22-18-35-26-8-4-3-7-24(22)26/h1-12,15,17-18,28,35H,13-14,16,33H2,(H,34,40)(H,36,38)(H,37,39)/t28-/m0/s1. The second-order valence-corrected chi connectivity index (χ2v) is 10.3. The number of nitrogens with one attached hydrogen (secondary N) is 4. The number of H-pyrrole nitrogens is 1. The molecule has 5 aromatic rings. The van der Waals surface area contributed by atoms with Crippen LogP contribution >= 0.6 is 15.9 Å². The van der Waals surface area contributed by atoms with Crippen LogP contribution in [0, 0.1) is 0 Å². The van der Waals surface area contributed by atoms with Gasteiger partial charge in [-0.15, -0.1) is 0 Å². The lowest BCUT2D eigenvalue weighted by Gasteiger charge is -2.20. The second kappa shape index (κ2) is 12.1. The maximum Gasteiger partial charge on any atom is 0.255 e. The van der Waals surface area contributed by atoms with Gasteiger partial charge in [-0.25, -0.2) is 0 Å². The molecule has 0 saturated heterocycles. The van der Waals surface area contributed by atoms with Crippen LogP contribution in [-0.2, 0) is 11.2 Å². The summed E-state index contributed by atoms with van der Waals surface area (Å²) in [5, 5.41) is 11.4. The zero-order valence-corrected chi connectivity index (χ0v) is 23.1. The predicted octanol–water partition coefficient (Wildman–Crippen LogP) is 4.75. The minimum Gasteiger partial charge on any atom is -0.361 e. The van der Waals surface area contributed by atoms with Gasteiger partial charge in [0.05, 0.1) is 11.3 Å². The van der Waals surface area contributed by atoms with Gasteiger partial charge in [-0.1, -0.05) is 64.5 Å². The molecule has 9 heteroatoms. The van der Waals surface area contributed by atoms with E-state index in [0.29, 0.717) is 15.7 Å². The molecule has 3 amide bonds. The Morgan fingerprint density at radius 2 is 1.65 bits per heavy atom. The molecule has 0 spiro atoms. The lowest BCUT2D eigenvalue weighted by molar-refractivity contribution is -0.122. The van der Waals surface area contributed by atoms with Gasteiger partial charge >= 0.3 is 0 Å². The van der Waals surface area contributed by atoms with E-state index in [1.54, 1.807) is 24.3 Å². The number of aromatic amines is 1. The number of para-hydroxylation sites is 1. The first kappa shape index (κ1) is 27.1. The van der Waals surface area contributed by atoms with Crippen molar-refractivity contribution in [3.8, 4) is 0 Å². The summed E-state index contributed by atoms with van der Waals surface area (Å²) in [6, 6.07) is 25.1. The minimum absolute atomic E-state index is 0.221. The predicted molar refractivity (Wildman–Crippen MR) is 161 cm³/mol. The number of nitrogens with two attached hydrogens (primary N) is 1. The number of halogens is 1. The third-order valence-corrected chi connectivity index (χ3v) is 7.14. The van der Waals surface area contributed by atoms with Crippen molar-refractivity contribution < 1.29 is 14.4 Å². The quantitative estimate of drug-likeness (QED) is 0.168. The molecule has 6 N–H and O–H groups in total. The molecule has 0 bridgehead atoms. The average molecular weight is 599 g/mol. The summed E-state index contributed by atoms with van der Waals surface area (Å²) < 4.78 is 0.655. The number of carbonyl (C=O) groups is 3. The molecule has 1 aromatic heterocycles. The van der Waals surface area contributed by atoms with Crippen molar-refractivity contribution in [2.45, 2.75) is 12.5 Å². The van der Waals surface area contributed by atoms with Crippen molar-refractivity contribution in [1.29, 1.82) is 0 Å². The van der Waals surface area contributed by atoms with Gasteiger partial charge in [0.1, 0.15) is 6.04 Å². The fourth-order valence-corrected chi connectivity index (χ4v) is 4.98. The Balaban J connectivity index is 1.40. The molecule has 0 radical (unpaired) electrons. The zero-order chi connectivity index (χ0) is 28.1. The molecule has 0 fully saturated rings. The van der Waals surface area contributed by atoms with Gasteiger partial charge in [-0.3, -0.25) is 14.4 Å². The van der Waals surface area contributed by atoms with Crippen molar-refractivity contribution in [2.75, 3.05) is 18.4 Å². The minimum atomic E-state index is -0.874. The fraction of sp³-hybridized carbons (Fsp3) is 0.129. The molecule has 0 unspecified atom stereocenters. The van der Waals surface area contributed by atoms with Gasteiger partial charge in [0.15, 0.2) is 0 Å². The van der Waals surface area contributed by atoms with Gasteiger partial charge in [-0.2, -0.15) is 0 Å². The highest BCUT2D eigenvalue weighted by Crippen LogP contribution is 2.24. The summed E-state index contributed by atoms with van der Waals surface area (Å²) in [6.07, 6.45) is 2.10. The van der Waals surface area contributed by atoms with Crippen molar-refractivity contribution in [1.82, 2.24) is 15.6 Å². The van der Waals surface area contributed by atoms with E-state index in [-0.39, 0.29) is 36.9 Å². The van der Waals surface area contributed by atoms with Crippen LogP contribution in [0.1, 0.15) is 26.3 Å². The Bertz CT molecular complexity index is 1710. The number of amides is 3. The Kier molecular flexibility index (Phi) is 8.23. The molecular formula is C31H28BrN5O3. The van der Waals surface area contributed by atoms with Crippen molar-refractivity contribution in [2.24, 2.45) is 5.73 Å². The number of benzene rings is 4. The maximum atomic E-state index is 13.6. The van der Waals surface area contributed by atoms with E-state index in [0.717, 1.165) is 27.2 Å².